The van der Waals surface area contributed by atoms with Crippen LogP contribution >= 0.6 is 0 Å². The zero-order valence-corrected chi connectivity index (χ0v) is 7.69. The first-order valence-electron chi connectivity index (χ1n) is 4.35. The molecule has 0 atom stereocenters. The van der Waals surface area contributed by atoms with Crippen LogP contribution in [0, 0.1) is 11.3 Å². The van der Waals surface area contributed by atoms with E-state index < -0.39 is 6.55 Å². The summed E-state index contributed by atoms with van der Waals surface area (Å²) in [6.07, 6.45) is -0.112. The Kier molecular flexibility index (Phi) is 2.34. The van der Waals surface area contributed by atoms with Crippen molar-refractivity contribution in [1.82, 2.24) is 9.55 Å². The van der Waals surface area contributed by atoms with Gasteiger partial charge in [-0.3, -0.25) is 4.57 Å². The first-order chi connectivity index (χ1) is 7.24. The van der Waals surface area contributed by atoms with E-state index in [0.717, 1.165) is 4.57 Å². The number of benzene rings is 1. The number of para-hydroxylation sites is 2. The molecule has 0 amide bonds. The molecule has 0 unspecified atom stereocenters. The standard InChI is InChI=1S/C10H7F2N3/c11-10(12)15-8-4-2-1-3-7(8)14-9(15)5-6-13/h1-4,10H,5H2. The highest BCUT2D eigenvalue weighted by Gasteiger charge is 2.16. The number of alkyl halides is 2. The van der Waals surface area contributed by atoms with Crippen LogP contribution in [0.5, 0.6) is 0 Å². The maximum atomic E-state index is 12.7. The molecule has 1 aromatic heterocycles. The zero-order chi connectivity index (χ0) is 10.8. The summed E-state index contributed by atoms with van der Waals surface area (Å²) in [5, 5.41) is 8.50. The fraction of sp³-hybridized carbons (Fsp3) is 0.200. The van der Waals surface area contributed by atoms with Crippen LogP contribution in [0.4, 0.5) is 8.78 Å². The molecule has 0 aliphatic rings. The summed E-state index contributed by atoms with van der Waals surface area (Å²) >= 11 is 0. The highest BCUT2D eigenvalue weighted by molar-refractivity contribution is 5.76. The number of halogens is 2. The minimum Gasteiger partial charge on any atom is -0.269 e. The topological polar surface area (TPSA) is 41.6 Å². The van der Waals surface area contributed by atoms with Crippen LogP contribution < -0.4 is 0 Å². The van der Waals surface area contributed by atoms with Crippen molar-refractivity contribution in [3.63, 3.8) is 0 Å². The molecule has 0 fully saturated rings. The van der Waals surface area contributed by atoms with E-state index in [1.165, 1.54) is 0 Å². The van der Waals surface area contributed by atoms with E-state index in [1.807, 2.05) is 6.07 Å². The molecule has 0 saturated heterocycles. The summed E-state index contributed by atoms with van der Waals surface area (Å²) in [6.45, 7) is -2.67. The van der Waals surface area contributed by atoms with Gasteiger partial charge in [0.1, 0.15) is 5.82 Å². The minimum absolute atomic E-state index is 0.105. The van der Waals surface area contributed by atoms with Crippen molar-refractivity contribution in [3.8, 4) is 6.07 Å². The number of imidazole rings is 1. The average Bonchev–Trinajstić information content (AvgIpc) is 2.56. The number of aromatic nitrogens is 2. The van der Waals surface area contributed by atoms with Crippen LogP contribution in [-0.4, -0.2) is 9.55 Å². The molecule has 0 aliphatic carbocycles. The van der Waals surface area contributed by atoms with Gasteiger partial charge in [-0.2, -0.15) is 14.0 Å². The van der Waals surface area contributed by atoms with E-state index >= 15 is 0 Å². The van der Waals surface area contributed by atoms with Crippen LogP contribution in [0.3, 0.4) is 0 Å². The van der Waals surface area contributed by atoms with Crippen LogP contribution in [0.2, 0.25) is 0 Å². The lowest BCUT2D eigenvalue weighted by atomic mass is 10.3. The molecule has 0 saturated carbocycles. The van der Waals surface area contributed by atoms with E-state index in [0.29, 0.717) is 11.0 Å². The number of hydrogen-bond acceptors (Lipinski definition) is 2. The van der Waals surface area contributed by atoms with Crippen molar-refractivity contribution >= 4 is 11.0 Å². The molecule has 0 bridgehead atoms. The Hall–Kier alpha value is -1.96. The third-order valence-electron chi connectivity index (χ3n) is 2.10. The van der Waals surface area contributed by atoms with Gasteiger partial charge < -0.3 is 0 Å². The number of nitriles is 1. The van der Waals surface area contributed by atoms with Crippen molar-refractivity contribution in [2.24, 2.45) is 0 Å². The van der Waals surface area contributed by atoms with Gasteiger partial charge in [-0.25, -0.2) is 4.98 Å². The predicted octanol–water partition coefficient (Wildman–Crippen LogP) is 2.50. The molecular formula is C10H7F2N3. The predicted molar refractivity (Wildman–Crippen MR) is 50.3 cm³/mol. The van der Waals surface area contributed by atoms with Crippen LogP contribution in [0.15, 0.2) is 24.3 Å². The summed E-state index contributed by atoms with van der Waals surface area (Å²) in [7, 11) is 0. The maximum Gasteiger partial charge on any atom is 0.320 e. The van der Waals surface area contributed by atoms with Crippen molar-refractivity contribution in [2.75, 3.05) is 0 Å². The molecule has 2 aromatic rings. The van der Waals surface area contributed by atoms with Crippen molar-refractivity contribution in [3.05, 3.63) is 30.1 Å². The first-order valence-corrected chi connectivity index (χ1v) is 4.35. The number of fused-ring (bicyclic) bond motifs is 1. The summed E-state index contributed by atoms with van der Waals surface area (Å²) in [5.74, 6) is 0.105. The lowest BCUT2D eigenvalue weighted by Crippen LogP contribution is -2.03. The number of nitrogens with zero attached hydrogens (tertiary/aromatic N) is 3. The van der Waals surface area contributed by atoms with Gasteiger partial charge in [-0.1, -0.05) is 12.1 Å². The highest BCUT2D eigenvalue weighted by atomic mass is 19.3. The van der Waals surface area contributed by atoms with Gasteiger partial charge in [0.05, 0.1) is 23.5 Å². The normalized spacial score (nSPS) is 10.8. The van der Waals surface area contributed by atoms with Crippen molar-refractivity contribution in [2.45, 2.75) is 13.0 Å². The molecule has 5 heteroatoms. The number of hydrogen-bond donors (Lipinski definition) is 0. The molecule has 15 heavy (non-hydrogen) atoms. The monoisotopic (exact) mass is 207 g/mol. The van der Waals surface area contributed by atoms with Gasteiger partial charge in [0, 0.05) is 0 Å². The van der Waals surface area contributed by atoms with E-state index in [9.17, 15) is 8.78 Å². The first kappa shape index (κ1) is 9.59. The summed E-state index contributed by atoms with van der Waals surface area (Å²) in [6, 6.07) is 8.43. The molecule has 0 N–H and O–H groups in total. The van der Waals surface area contributed by atoms with Crippen molar-refractivity contribution in [1.29, 1.82) is 5.26 Å². The van der Waals surface area contributed by atoms with E-state index in [4.69, 9.17) is 5.26 Å². The lowest BCUT2D eigenvalue weighted by molar-refractivity contribution is 0.0720. The van der Waals surface area contributed by atoms with Gasteiger partial charge in [-0.05, 0) is 12.1 Å². The molecule has 1 aromatic carbocycles. The Morgan fingerprint density at radius 1 is 1.40 bits per heavy atom. The van der Waals surface area contributed by atoms with Crippen molar-refractivity contribution < 1.29 is 8.78 Å². The Balaban J connectivity index is 2.70. The minimum atomic E-state index is -2.67. The van der Waals surface area contributed by atoms with Crippen LogP contribution in [-0.2, 0) is 6.42 Å². The molecule has 3 nitrogen and oxygen atoms in total. The third-order valence-corrected chi connectivity index (χ3v) is 2.10. The van der Waals surface area contributed by atoms with Gasteiger partial charge in [0.15, 0.2) is 0 Å². The van der Waals surface area contributed by atoms with Gasteiger partial charge in [0.25, 0.3) is 0 Å². The van der Waals surface area contributed by atoms with Gasteiger partial charge in [-0.15, -0.1) is 0 Å². The number of rotatable bonds is 2. The van der Waals surface area contributed by atoms with E-state index in [2.05, 4.69) is 4.98 Å². The molecule has 76 valence electrons. The third kappa shape index (κ3) is 1.54. The maximum absolute atomic E-state index is 12.7. The highest BCUT2D eigenvalue weighted by Crippen LogP contribution is 2.22. The van der Waals surface area contributed by atoms with Crippen LogP contribution in [0.25, 0.3) is 11.0 Å². The summed E-state index contributed by atoms with van der Waals surface area (Å²) < 4.78 is 26.2. The zero-order valence-electron chi connectivity index (χ0n) is 7.69. The van der Waals surface area contributed by atoms with E-state index in [1.54, 1.807) is 24.3 Å². The molecule has 0 radical (unpaired) electrons. The fourth-order valence-electron chi connectivity index (χ4n) is 1.51. The van der Waals surface area contributed by atoms with Gasteiger partial charge >= 0.3 is 6.55 Å². The Morgan fingerprint density at radius 3 is 2.80 bits per heavy atom. The fourth-order valence-corrected chi connectivity index (χ4v) is 1.51. The Bertz CT molecular complexity index is 525. The SMILES string of the molecule is N#CCc1nc2ccccc2n1C(F)F. The van der Waals surface area contributed by atoms with E-state index in [-0.39, 0.29) is 12.2 Å². The second-order valence-electron chi connectivity index (χ2n) is 3.00. The lowest BCUT2D eigenvalue weighted by Gasteiger charge is -2.04. The molecular weight excluding hydrogens is 200 g/mol. The smallest absolute Gasteiger partial charge is 0.269 e. The van der Waals surface area contributed by atoms with Gasteiger partial charge in [0.2, 0.25) is 0 Å². The molecule has 1 heterocycles. The largest absolute Gasteiger partial charge is 0.320 e. The molecule has 0 aliphatic heterocycles. The summed E-state index contributed by atoms with van der Waals surface area (Å²) in [5.41, 5.74) is 0.848. The Labute approximate surface area is 84.6 Å². The average molecular weight is 207 g/mol. The molecule has 0 spiro atoms. The second-order valence-corrected chi connectivity index (χ2v) is 3.00. The summed E-state index contributed by atoms with van der Waals surface area (Å²) in [4.78, 5) is 3.98. The van der Waals surface area contributed by atoms with Crippen LogP contribution in [0.1, 0.15) is 12.4 Å². The Morgan fingerprint density at radius 2 is 2.13 bits per heavy atom. The second kappa shape index (κ2) is 3.65. The molecule has 2 rings (SSSR count). The quantitative estimate of drug-likeness (QED) is 0.759.